The van der Waals surface area contributed by atoms with Crippen LogP contribution in [0, 0.1) is 5.41 Å². The Morgan fingerprint density at radius 2 is 2.26 bits per heavy atom. The molecule has 31 heavy (non-hydrogen) atoms. The summed E-state index contributed by atoms with van der Waals surface area (Å²) in [7, 11) is 1.55. The van der Waals surface area contributed by atoms with E-state index in [1.807, 2.05) is 11.0 Å². The van der Waals surface area contributed by atoms with Gasteiger partial charge in [-0.05, 0) is 30.8 Å². The van der Waals surface area contributed by atoms with E-state index in [0.717, 1.165) is 61.4 Å². The van der Waals surface area contributed by atoms with Crippen LogP contribution >= 0.6 is 11.3 Å². The van der Waals surface area contributed by atoms with Crippen LogP contribution in [0.4, 0.5) is 9.93 Å². The smallest absolute Gasteiger partial charge is 0.323 e. The number of carbonyl (C=O) groups is 1. The van der Waals surface area contributed by atoms with E-state index >= 15 is 0 Å². The normalized spacial score (nSPS) is 22.5. The van der Waals surface area contributed by atoms with E-state index in [1.54, 1.807) is 25.6 Å². The zero-order valence-corrected chi connectivity index (χ0v) is 18.1. The molecule has 2 aromatic rings. The van der Waals surface area contributed by atoms with Gasteiger partial charge in [0.2, 0.25) is 5.88 Å². The van der Waals surface area contributed by atoms with E-state index < -0.39 is 6.23 Å². The van der Waals surface area contributed by atoms with Crippen molar-refractivity contribution >= 4 is 38.3 Å². The van der Waals surface area contributed by atoms with Gasteiger partial charge < -0.3 is 24.8 Å². The van der Waals surface area contributed by atoms with Crippen LogP contribution < -0.4 is 15.4 Å². The number of dihydropyridines is 1. The van der Waals surface area contributed by atoms with Crippen LogP contribution in [-0.4, -0.2) is 65.6 Å². The van der Waals surface area contributed by atoms with Gasteiger partial charge in [0.05, 0.1) is 11.8 Å². The maximum Gasteiger partial charge on any atom is 0.323 e. The second-order valence-corrected chi connectivity index (χ2v) is 9.16. The number of urea groups is 1. The highest BCUT2D eigenvalue weighted by atomic mass is 32.1. The highest BCUT2D eigenvalue weighted by Gasteiger charge is 2.41. The van der Waals surface area contributed by atoms with E-state index in [-0.39, 0.29) is 11.4 Å². The Hall–Kier alpha value is -2.69. The average molecular weight is 444 g/mol. The highest BCUT2D eigenvalue weighted by molar-refractivity contribution is 7.22. The SMILES string of the molecule is COc1ncc(C2=CNC(O)C=C2)c2sc(NC(=O)N3CCC4(CCOCC4)C3)nc12. The third-order valence-electron chi connectivity index (χ3n) is 6.25. The van der Waals surface area contributed by atoms with Gasteiger partial charge in [-0.3, -0.25) is 5.32 Å². The summed E-state index contributed by atoms with van der Waals surface area (Å²) < 4.78 is 11.7. The quantitative estimate of drug-likeness (QED) is 0.669. The van der Waals surface area contributed by atoms with Gasteiger partial charge in [-0.1, -0.05) is 17.4 Å². The Labute approximate surface area is 183 Å². The van der Waals surface area contributed by atoms with Crippen LogP contribution in [-0.2, 0) is 4.74 Å². The number of carbonyl (C=O) groups excluding carboxylic acids is 1. The van der Waals surface area contributed by atoms with Crippen LogP contribution in [0.15, 0.2) is 24.5 Å². The van der Waals surface area contributed by atoms with Crippen LogP contribution in [0.2, 0.25) is 0 Å². The van der Waals surface area contributed by atoms with Crippen molar-refractivity contribution in [2.24, 2.45) is 5.41 Å². The number of hydrogen-bond acceptors (Lipinski definition) is 8. The standard InChI is InChI=1S/C21H25N5O4S/c1-29-18-16-17(14(11-23-18)13-2-3-15(27)22-10-13)31-19(24-16)25-20(28)26-7-4-21(12-26)5-8-30-9-6-21/h2-3,10-11,15,22,27H,4-9,12H2,1H3,(H,24,25,28). The Kier molecular flexibility index (Phi) is 5.28. The Balaban J connectivity index is 1.39. The number of pyridine rings is 1. The minimum Gasteiger partial charge on any atom is -0.479 e. The van der Waals surface area contributed by atoms with Crippen LogP contribution in [0.1, 0.15) is 24.8 Å². The minimum atomic E-state index is -0.707. The highest BCUT2D eigenvalue weighted by Crippen LogP contribution is 2.40. The predicted octanol–water partition coefficient (Wildman–Crippen LogP) is 2.55. The van der Waals surface area contributed by atoms with Gasteiger partial charge in [0, 0.05) is 49.8 Å². The lowest BCUT2D eigenvalue weighted by molar-refractivity contribution is 0.0211. The van der Waals surface area contributed by atoms with E-state index in [4.69, 9.17) is 9.47 Å². The third-order valence-corrected chi connectivity index (χ3v) is 7.25. The fourth-order valence-corrected chi connectivity index (χ4v) is 5.41. The van der Waals surface area contributed by atoms with Crippen molar-refractivity contribution in [3.05, 3.63) is 30.1 Å². The first-order valence-electron chi connectivity index (χ1n) is 10.4. The molecule has 5 rings (SSSR count). The number of nitrogens with zero attached hydrogens (tertiary/aromatic N) is 3. The number of aliphatic hydroxyl groups excluding tert-OH is 1. The summed E-state index contributed by atoms with van der Waals surface area (Å²) in [5, 5.41) is 16.0. The minimum absolute atomic E-state index is 0.127. The number of hydrogen-bond donors (Lipinski definition) is 3. The molecule has 9 nitrogen and oxygen atoms in total. The second-order valence-electron chi connectivity index (χ2n) is 8.16. The molecule has 0 bridgehead atoms. The number of nitrogens with one attached hydrogen (secondary N) is 2. The van der Waals surface area contributed by atoms with Crippen molar-refractivity contribution in [2.75, 3.05) is 38.7 Å². The molecule has 3 aliphatic rings. The Bertz CT molecular complexity index is 1060. The van der Waals surface area contributed by atoms with E-state index in [2.05, 4.69) is 20.6 Å². The van der Waals surface area contributed by atoms with Crippen molar-refractivity contribution in [2.45, 2.75) is 25.5 Å². The van der Waals surface area contributed by atoms with Gasteiger partial charge in [-0.2, -0.15) is 0 Å². The first-order chi connectivity index (χ1) is 15.1. The molecule has 1 unspecified atom stereocenters. The van der Waals surface area contributed by atoms with Gasteiger partial charge in [0.15, 0.2) is 5.13 Å². The molecule has 2 saturated heterocycles. The number of methoxy groups -OCH3 is 1. The van der Waals surface area contributed by atoms with Gasteiger partial charge >= 0.3 is 6.03 Å². The van der Waals surface area contributed by atoms with E-state index in [1.165, 1.54) is 11.3 Å². The topological polar surface area (TPSA) is 109 Å². The number of ether oxygens (including phenoxy) is 2. The maximum absolute atomic E-state index is 12.9. The largest absolute Gasteiger partial charge is 0.479 e. The number of thiazole rings is 1. The first kappa shape index (κ1) is 20.2. The molecule has 2 fully saturated rings. The number of aromatic nitrogens is 2. The number of fused-ring (bicyclic) bond motifs is 1. The van der Waals surface area contributed by atoms with Crippen LogP contribution in [0.5, 0.6) is 5.88 Å². The molecule has 5 heterocycles. The Morgan fingerprint density at radius 1 is 1.42 bits per heavy atom. The second kappa shape index (κ2) is 8.10. The molecule has 3 N–H and O–H groups in total. The monoisotopic (exact) mass is 443 g/mol. The zero-order chi connectivity index (χ0) is 21.4. The number of anilines is 1. The fourth-order valence-electron chi connectivity index (χ4n) is 4.43. The molecule has 10 heteroatoms. The third kappa shape index (κ3) is 3.86. The summed E-state index contributed by atoms with van der Waals surface area (Å²) in [6.07, 6.45) is 9.28. The lowest BCUT2D eigenvalue weighted by atomic mass is 9.80. The molecule has 2 amide bonds. The summed E-state index contributed by atoms with van der Waals surface area (Å²) in [5.74, 6) is 0.409. The van der Waals surface area contributed by atoms with E-state index in [0.29, 0.717) is 16.5 Å². The summed E-state index contributed by atoms with van der Waals surface area (Å²) >= 11 is 1.39. The zero-order valence-electron chi connectivity index (χ0n) is 17.3. The van der Waals surface area contributed by atoms with Crippen LogP contribution in [0.3, 0.4) is 0 Å². The number of rotatable bonds is 3. The first-order valence-corrected chi connectivity index (χ1v) is 11.2. The molecule has 0 radical (unpaired) electrons. The molecule has 2 aromatic heterocycles. The van der Waals surface area contributed by atoms with Crippen LogP contribution in [0.25, 0.3) is 15.8 Å². The summed E-state index contributed by atoms with van der Waals surface area (Å²) in [5.41, 5.74) is 2.52. The number of aliphatic hydroxyl groups is 1. The van der Waals surface area contributed by atoms with Gasteiger partial charge in [-0.15, -0.1) is 0 Å². The molecule has 0 aliphatic carbocycles. The Morgan fingerprint density at radius 3 is 3.00 bits per heavy atom. The van der Waals surface area contributed by atoms with Gasteiger partial charge in [0.25, 0.3) is 0 Å². The lowest BCUT2D eigenvalue weighted by Gasteiger charge is -2.33. The van der Waals surface area contributed by atoms with Gasteiger partial charge in [-0.25, -0.2) is 14.8 Å². The molecular weight excluding hydrogens is 418 g/mol. The molecule has 0 saturated carbocycles. The summed E-state index contributed by atoms with van der Waals surface area (Å²) in [6.45, 7) is 3.06. The van der Waals surface area contributed by atoms with Crippen molar-refractivity contribution in [1.82, 2.24) is 20.2 Å². The van der Waals surface area contributed by atoms with Crippen molar-refractivity contribution in [3.8, 4) is 5.88 Å². The fraction of sp³-hybridized carbons (Fsp3) is 0.476. The van der Waals surface area contributed by atoms with Gasteiger partial charge in [0.1, 0.15) is 11.7 Å². The number of amides is 2. The maximum atomic E-state index is 12.9. The molecular formula is C21H25N5O4S. The van der Waals surface area contributed by atoms with Crippen molar-refractivity contribution in [1.29, 1.82) is 0 Å². The van der Waals surface area contributed by atoms with E-state index in [9.17, 15) is 9.90 Å². The average Bonchev–Trinajstić information content (AvgIpc) is 3.39. The van der Waals surface area contributed by atoms with Crippen molar-refractivity contribution in [3.63, 3.8) is 0 Å². The molecule has 1 atom stereocenters. The number of allylic oxidation sites excluding steroid dienone is 2. The van der Waals surface area contributed by atoms with Crippen molar-refractivity contribution < 1.29 is 19.4 Å². The molecule has 164 valence electrons. The molecule has 3 aliphatic heterocycles. The lowest BCUT2D eigenvalue weighted by Crippen LogP contribution is -2.37. The molecule has 1 spiro atoms. The predicted molar refractivity (Wildman–Crippen MR) is 118 cm³/mol. The summed E-state index contributed by atoms with van der Waals surface area (Å²) in [4.78, 5) is 23.8. The molecule has 0 aromatic carbocycles. The number of likely N-dealkylation sites (tertiary alicyclic amines) is 1. The summed E-state index contributed by atoms with van der Waals surface area (Å²) in [6, 6.07) is -0.127.